The van der Waals surface area contributed by atoms with E-state index in [4.69, 9.17) is 0 Å². The van der Waals surface area contributed by atoms with E-state index in [1.165, 1.54) is 6.07 Å². The summed E-state index contributed by atoms with van der Waals surface area (Å²) in [6.45, 7) is 5.68. The first-order valence-corrected chi connectivity index (χ1v) is 10.2. The van der Waals surface area contributed by atoms with Crippen LogP contribution in [0, 0.1) is 10.1 Å². The van der Waals surface area contributed by atoms with E-state index in [1.807, 2.05) is 13.8 Å². The highest BCUT2D eigenvalue weighted by atomic mass is 16.6. The Morgan fingerprint density at radius 1 is 1.13 bits per heavy atom. The van der Waals surface area contributed by atoms with Crippen molar-refractivity contribution in [2.45, 2.75) is 32.7 Å². The van der Waals surface area contributed by atoms with E-state index in [2.05, 4.69) is 5.32 Å². The average molecular weight is 431 g/mol. The van der Waals surface area contributed by atoms with Gasteiger partial charge in [-0.3, -0.25) is 29.4 Å². The second-order valence-corrected chi connectivity index (χ2v) is 7.47. The van der Waals surface area contributed by atoms with Crippen molar-refractivity contribution < 1.29 is 24.1 Å². The number of hydrogen-bond donors (Lipinski definition) is 1. The largest absolute Gasteiger partial charge is 0.352 e. The lowest BCUT2D eigenvalue weighted by Crippen LogP contribution is -2.51. The molecule has 1 aromatic carbocycles. The zero-order chi connectivity index (χ0) is 22.7. The van der Waals surface area contributed by atoms with Crippen molar-refractivity contribution in [2.24, 2.45) is 0 Å². The Morgan fingerprint density at radius 3 is 2.32 bits per heavy atom. The summed E-state index contributed by atoms with van der Waals surface area (Å²) in [4.78, 5) is 64.4. The highest BCUT2D eigenvalue weighted by molar-refractivity contribution is 6.22. The second-order valence-electron chi connectivity index (χ2n) is 7.47. The number of urea groups is 1. The zero-order valence-corrected chi connectivity index (χ0v) is 17.5. The maximum Gasteiger partial charge on any atom is 0.319 e. The fourth-order valence-electron chi connectivity index (χ4n) is 3.86. The van der Waals surface area contributed by atoms with Gasteiger partial charge in [0.25, 0.3) is 17.5 Å². The van der Waals surface area contributed by atoms with Crippen LogP contribution in [0.1, 0.15) is 47.4 Å². The zero-order valence-electron chi connectivity index (χ0n) is 17.5. The molecule has 5 amide bonds. The Balaban J connectivity index is 1.55. The number of amides is 5. The molecule has 11 nitrogen and oxygen atoms in total. The molecule has 0 radical (unpaired) electrons. The van der Waals surface area contributed by atoms with Gasteiger partial charge in [-0.1, -0.05) is 0 Å². The van der Waals surface area contributed by atoms with Crippen LogP contribution in [-0.4, -0.2) is 82.1 Å². The Hall–Kier alpha value is -3.50. The summed E-state index contributed by atoms with van der Waals surface area (Å²) in [6, 6.07) is 3.25. The monoisotopic (exact) mass is 431 g/mol. The van der Waals surface area contributed by atoms with E-state index < -0.39 is 29.2 Å². The molecule has 11 heteroatoms. The molecule has 0 saturated carbocycles. The van der Waals surface area contributed by atoms with Crippen LogP contribution in [0.2, 0.25) is 0 Å². The number of likely N-dealkylation sites (tertiary alicyclic amines) is 1. The third kappa shape index (κ3) is 4.49. The summed E-state index contributed by atoms with van der Waals surface area (Å²) in [6.07, 6.45) is 1.15. The molecule has 0 atom stereocenters. The number of nitro groups is 1. The van der Waals surface area contributed by atoms with Crippen molar-refractivity contribution in [1.29, 1.82) is 0 Å². The van der Waals surface area contributed by atoms with Crippen molar-refractivity contribution >= 4 is 29.4 Å². The molecule has 2 heterocycles. The molecule has 0 spiro atoms. The lowest BCUT2D eigenvalue weighted by molar-refractivity contribution is -0.384. The van der Waals surface area contributed by atoms with Gasteiger partial charge in [-0.25, -0.2) is 4.79 Å². The van der Waals surface area contributed by atoms with E-state index in [0.717, 1.165) is 17.0 Å². The van der Waals surface area contributed by atoms with Gasteiger partial charge in [-0.15, -0.1) is 0 Å². The molecule has 0 unspecified atom stereocenters. The molecular weight excluding hydrogens is 406 g/mol. The number of imide groups is 1. The first kappa shape index (κ1) is 22.2. The average Bonchev–Trinajstić information content (AvgIpc) is 2.99. The number of carbonyl (C=O) groups is 4. The van der Waals surface area contributed by atoms with Gasteiger partial charge >= 0.3 is 6.03 Å². The Labute approximate surface area is 179 Å². The predicted octanol–water partition coefficient (Wildman–Crippen LogP) is 1.23. The molecule has 0 aliphatic carbocycles. The number of nitro benzene ring substituents is 1. The molecule has 0 aromatic heterocycles. The number of fused-ring (bicyclic) bond motifs is 1. The van der Waals surface area contributed by atoms with E-state index >= 15 is 0 Å². The number of rotatable bonds is 6. The molecule has 3 rings (SSSR count). The predicted molar refractivity (Wildman–Crippen MR) is 110 cm³/mol. The maximum absolute atomic E-state index is 12.5. The van der Waals surface area contributed by atoms with Crippen LogP contribution in [0.25, 0.3) is 0 Å². The van der Waals surface area contributed by atoms with Crippen LogP contribution in [-0.2, 0) is 4.79 Å². The molecular formula is C20H25N5O6. The van der Waals surface area contributed by atoms with E-state index in [-0.39, 0.29) is 28.9 Å². The third-order valence-corrected chi connectivity index (χ3v) is 5.63. The minimum Gasteiger partial charge on any atom is -0.352 e. The van der Waals surface area contributed by atoms with Crippen molar-refractivity contribution in [1.82, 2.24) is 20.0 Å². The summed E-state index contributed by atoms with van der Waals surface area (Å²) in [5, 5.41) is 13.7. The number of benzene rings is 1. The topological polar surface area (TPSA) is 133 Å². The summed E-state index contributed by atoms with van der Waals surface area (Å²) in [5.74, 6) is -1.86. The normalized spacial score (nSPS) is 16.3. The van der Waals surface area contributed by atoms with Crippen LogP contribution in [0.5, 0.6) is 0 Å². The van der Waals surface area contributed by atoms with Gasteiger partial charge in [0.15, 0.2) is 0 Å². The van der Waals surface area contributed by atoms with Crippen LogP contribution < -0.4 is 5.32 Å². The van der Waals surface area contributed by atoms with Gasteiger partial charge < -0.3 is 15.1 Å². The van der Waals surface area contributed by atoms with Gasteiger partial charge in [0, 0.05) is 44.4 Å². The first-order valence-electron chi connectivity index (χ1n) is 10.2. The van der Waals surface area contributed by atoms with Gasteiger partial charge in [-0.05, 0) is 32.8 Å². The van der Waals surface area contributed by atoms with Crippen molar-refractivity contribution in [3.05, 3.63) is 39.4 Å². The summed E-state index contributed by atoms with van der Waals surface area (Å²) < 4.78 is 0. The quantitative estimate of drug-likeness (QED) is 0.409. The Morgan fingerprint density at radius 2 is 1.74 bits per heavy atom. The minimum atomic E-state index is -0.724. The molecule has 1 fully saturated rings. The minimum absolute atomic E-state index is 0.0186. The van der Waals surface area contributed by atoms with E-state index in [0.29, 0.717) is 39.0 Å². The van der Waals surface area contributed by atoms with Crippen LogP contribution in [0.15, 0.2) is 18.2 Å². The summed E-state index contributed by atoms with van der Waals surface area (Å²) >= 11 is 0. The third-order valence-electron chi connectivity index (χ3n) is 5.63. The SMILES string of the molecule is CCN(CC)C(=O)N1CCC(NC(=O)CN2C(=O)c3ccc([N+](=O)[O-])cc3C2=O)CC1. The number of piperidine rings is 1. The number of carbonyl (C=O) groups excluding carboxylic acids is 4. The molecule has 1 saturated heterocycles. The van der Waals surface area contributed by atoms with Gasteiger partial charge in [0.2, 0.25) is 5.91 Å². The number of nitrogens with one attached hydrogen (secondary N) is 1. The standard InChI is InChI=1S/C20H25N5O6/c1-3-22(4-2)20(29)23-9-7-13(8-10-23)21-17(26)12-24-18(27)15-6-5-14(25(30)31)11-16(15)19(24)28/h5-6,11,13H,3-4,7-10,12H2,1-2H3,(H,21,26). The lowest BCUT2D eigenvalue weighted by atomic mass is 10.1. The fourth-order valence-corrected chi connectivity index (χ4v) is 3.86. The summed E-state index contributed by atoms with van der Waals surface area (Å²) in [5.41, 5.74) is -0.320. The highest BCUT2D eigenvalue weighted by Crippen LogP contribution is 2.26. The molecule has 2 aliphatic heterocycles. The van der Waals surface area contributed by atoms with E-state index in [1.54, 1.807) is 9.80 Å². The second kappa shape index (κ2) is 9.11. The first-order chi connectivity index (χ1) is 14.8. The molecule has 31 heavy (non-hydrogen) atoms. The van der Waals surface area contributed by atoms with Crippen LogP contribution in [0.4, 0.5) is 10.5 Å². The Bertz CT molecular complexity index is 921. The van der Waals surface area contributed by atoms with E-state index in [9.17, 15) is 29.3 Å². The maximum atomic E-state index is 12.5. The molecule has 1 aromatic rings. The van der Waals surface area contributed by atoms with Crippen molar-refractivity contribution in [2.75, 3.05) is 32.7 Å². The number of nitrogens with zero attached hydrogens (tertiary/aromatic N) is 4. The van der Waals surface area contributed by atoms with Crippen molar-refractivity contribution in [3.63, 3.8) is 0 Å². The van der Waals surface area contributed by atoms with Gasteiger partial charge in [0.1, 0.15) is 6.54 Å². The van der Waals surface area contributed by atoms with Gasteiger partial charge in [-0.2, -0.15) is 0 Å². The molecule has 166 valence electrons. The number of non-ortho nitro benzene ring substituents is 1. The number of hydrogen-bond acceptors (Lipinski definition) is 6. The summed E-state index contributed by atoms with van der Waals surface area (Å²) in [7, 11) is 0. The van der Waals surface area contributed by atoms with Gasteiger partial charge in [0.05, 0.1) is 16.1 Å². The highest BCUT2D eigenvalue weighted by Gasteiger charge is 2.38. The Kier molecular flexibility index (Phi) is 6.52. The van der Waals surface area contributed by atoms with Crippen LogP contribution in [0.3, 0.4) is 0 Å². The molecule has 2 aliphatic rings. The smallest absolute Gasteiger partial charge is 0.319 e. The molecule has 0 bridgehead atoms. The van der Waals surface area contributed by atoms with Crippen LogP contribution >= 0.6 is 0 Å². The van der Waals surface area contributed by atoms with Crippen molar-refractivity contribution in [3.8, 4) is 0 Å². The fraction of sp³-hybridized carbons (Fsp3) is 0.500. The molecule has 1 N–H and O–H groups in total. The lowest BCUT2D eigenvalue weighted by Gasteiger charge is -2.35.